The minimum Gasteiger partial charge on any atom is -0.315 e. The average Bonchev–Trinajstić information content (AvgIpc) is 2.88. The zero-order chi connectivity index (χ0) is 15.0. The number of fused-ring (bicyclic) bond motifs is 1. The Hall–Kier alpha value is -2.21. The Balaban J connectivity index is 1.83. The van der Waals surface area contributed by atoms with Crippen molar-refractivity contribution in [3.05, 3.63) is 40.4 Å². The number of anilines is 2. The molecule has 108 valence electrons. The van der Waals surface area contributed by atoms with Gasteiger partial charge in [-0.05, 0) is 37.1 Å². The van der Waals surface area contributed by atoms with Gasteiger partial charge in [-0.3, -0.25) is 14.9 Å². The molecular formula is C15H15N3O2S. The Kier molecular flexibility index (Phi) is 3.47. The lowest BCUT2D eigenvalue weighted by molar-refractivity contribution is -0.118. The van der Waals surface area contributed by atoms with Crippen LogP contribution in [0.3, 0.4) is 0 Å². The van der Waals surface area contributed by atoms with Crippen molar-refractivity contribution in [3.8, 4) is 0 Å². The summed E-state index contributed by atoms with van der Waals surface area (Å²) in [7, 11) is 1.76. The fourth-order valence-electron chi connectivity index (χ4n) is 2.38. The van der Waals surface area contributed by atoms with Crippen molar-refractivity contribution in [2.45, 2.75) is 19.8 Å². The maximum Gasteiger partial charge on any atom is 0.257 e. The molecule has 2 heterocycles. The predicted molar refractivity (Wildman–Crippen MR) is 83.0 cm³/mol. The largest absolute Gasteiger partial charge is 0.315 e. The summed E-state index contributed by atoms with van der Waals surface area (Å²) in [6, 6.07) is 5.42. The Morgan fingerprint density at radius 3 is 2.90 bits per heavy atom. The first-order valence-electron chi connectivity index (χ1n) is 6.67. The summed E-state index contributed by atoms with van der Waals surface area (Å²) in [6.07, 6.45) is 1.16. The van der Waals surface area contributed by atoms with E-state index < -0.39 is 0 Å². The number of nitrogens with one attached hydrogen (secondary N) is 1. The van der Waals surface area contributed by atoms with Crippen molar-refractivity contribution < 1.29 is 9.59 Å². The summed E-state index contributed by atoms with van der Waals surface area (Å²) in [5.41, 5.74) is 3.39. The number of thiazole rings is 1. The quantitative estimate of drug-likeness (QED) is 0.927. The standard InChI is InChI=1S/C15H15N3O2S/c1-9-8-21-15(16-9)17-14(20)11-3-5-12-10(7-11)4-6-13(19)18(12)2/h3,5,7-8H,4,6H2,1-2H3,(H,16,17,20). The summed E-state index contributed by atoms with van der Waals surface area (Å²) < 4.78 is 0. The summed E-state index contributed by atoms with van der Waals surface area (Å²) >= 11 is 1.41. The van der Waals surface area contributed by atoms with Crippen LogP contribution in [0.5, 0.6) is 0 Å². The van der Waals surface area contributed by atoms with Gasteiger partial charge in [0.15, 0.2) is 5.13 Å². The molecule has 5 nitrogen and oxygen atoms in total. The fraction of sp³-hybridized carbons (Fsp3) is 0.267. The van der Waals surface area contributed by atoms with E-state index >= 15 is 0 Å². The number of nitrogens with zero attached hydrogens (tertiary/aromatic N) is 2. The lowest BCUT2D eigenvalue weighted by Crippen LogP contribution is -2.31. The van der Waals surface area contributed by atoms with Crippen LogP contribution >= 0.6 is 11.3 Å². The minimum atomic E-state index is -0.174. The molecule has 1 aliphatic heterocycles. The van der Waals surface area contributed by atoms with E-state index in [1.165, 1.54) is 11.3 Å². The second-order valence-electron chi connectivity index (χ2n) is 5.04. The van der Waals surface area contributed by atoms with Crippen LogP contribution in [0.4, 0.5) is 10.8 Å². The second kappa shape index (κ2) is 5.29. The molecular weight excluding hydrogens is 286 g/mol. The van der Waals surface area contributed by atoms with Gasteiger partial charge in [0.2, 0.25) is 5.91 Å². The molecule has 21 heavy (non-hydrogen) atoms. The zero-order valence-corrected chi connectivity index (χ0v) is 12.7. The summed E-state index contributed by atoms with van der Waals surface area (Å²) in [4.78, 5) is 29.8. The number of rotatable bonds is 2. The third-order valence-corrected chi connectivity index (χ3v) is 4.40. The normalized spacial score (nSPS) is 14.0. The van der Waals surface area contributed by atoms with E-state index in [1.54, 1.807) is 18.0 Å². The lowest BCUT2D eigenvalue weighted by atomic mass is 9.99. The van der Waals surface area contributed by atoms with Crippen LogP contribution in [0, 0.1) is 6.92 Å². The number of aryl methyl sites for hydroxylation is 2. The molecule has 1 aliphatic rings. The molecule has 0 unspecified atom stereocenters. The van der Waals surface area contributed by atoms with E-state index in [1.807, 2.05) is 24.4 Å². The monoisotopic (exact) mass is 301 g/mol. The molecule has 2 aromatic rings. The highest BCUT2D eigenvalue weighted by atomic mass is 32.1. The van der Waals surface area contributed by atoms with Gasteiger partial charge in [-0.1, -0.05) is 0 Å². The van der Waals surface area contributed by atoms with E-state index in [-0.39, 0.29) is 11.8 Å². The van der Waals surface area contributed by atoms with Crippen molar-refractivity contribution in [1.82, 2.24) is 4.98 Å². The molecule has 0 atom stereocenters. The average molecular weight is 301 g/mol. The van der Waals surface area contributed by atoms with Crippen molar-refractivity contribution in [2.75, 3.05) is 17.3 Å². The lowest BCUT2D eigenvalue weighted by Gasteiger charge is -2.25. The molecule has 6 heteroatoms. The molecule has 1 N–H and O–H groups in total. The summed E-state index contributed by atoms with van der Waals surface area (Å²) in [5.74, 6) is -0.0651. The van der Waals surface area contributed by atoms with Gasteiger partial charge in [0.25, 0.3) is 5.91 Å². The van der Waals surface area contributed by atoms with E-state index in [0.717, 1.165) is 16.9 Å². The van der Waals surface area contributed by atoms with Crippen LogP contribution in [-0.4, -0.2) is 23.8 Å². The maximum absolute atomic E-state index is 12.2. The van der Waals surface area contributed by atoms with Crippen LogP contribution < -0.4 is 10.2 Å². The first-order chi connectivity index (χ1) is 10.0. The zero-order valence-electron chi connectivity index (χ0n) is 11.8. The van der Waals surface area contributed by atoms with E-state index in [4.69, 9.17) is 0 Å². The molecule has 0 radical (unpaired) electrons. The first-order valence-corrected chi connectivity index (χ1v) is 7.55. The summed E-state index contributed by atoms with van der Waals surface area (Å²) in [6.45, 7) is 1.89. The van der Waals surface area contributed by atoms with Crippen LogP contribution in [0.1, 0.15) is 28.0 Å². The van der Waals surface area contributed by atoms with Crippen molar-refractivity contribution >= 4 is 34.0 Å². The van der Waals surface area contributed by atoms with Crippen LogP contribution in [0.15, 0.2) is 23.6 Å². The first kappa shape index (κ1) is 13.8. The topological polar surface area (TPSA) is 62.3 Å². The van der Waals surface area contributed by atoms with Crippen LogP contribution in [0.25, 0.3) is 0 Å². The van der Waals surface area contributed by atoms with E-state index in [2.05, 4.69) is 10.3 Å². The van der Waals surface area contributed by atoms with Gasteiger partial charge in [-0.15, -0.1) is 11.3 Å². The number of benzene rings is 1. The highest BCUT2D eigenvalue weighted by Crippen LogP contribution is 2.28. The molecule has 0 fully saturated rings. The van der Waals surface area contributed by atoms with Gasteiger partial charge in [0.05, 0.1) is 5.69 Å². The Morgan fingerprint density at radius 2 is 2.19 bits per heavy atom. The van der Waals surface area contributed by atoms with Gasteiger partial charge in [-0.25, -0.2) is 4.98 Å². The van der Waals surface area contributed by atoms with Crippen LogP contribution in [-0.2, 0) is 11.2 Å². The molecule has 3 rings (SSSR count). The molecule has 1 aromatic carbocycles. The predicted octanol–water partition coefficient (Wildman–Crippen LogP) is 2.61. The number of carbonyl (C=O) groups excluding carboxylic acids is 2. The third-order valence-electron chi connectivity index (χ3n) is 3.52. The van der Waals surface area contributed by atoms with Gasteiger partial charge in [-0.2, -0.15) is 0 Å². The van der Waals surface area contributed by atoms with E-state index in [9.17, 15) is 9.59 Å². The number of carbonyl (C=O) groups is 2. The van der Waals surface area contributed by atoms with Gasteiger partial charge >= 0.3 is 0 Å². The SMILES string of the molecule is Cc1csc(NC(=O)c2ccc3c(c2)CCC(=O)N3C)n1. The number of aromatic nitrogens is 1. The van der Waals surface area contributed by atoms with Gasteiger partial charge < -0.3 is 4.90 Å². The highest BCUT2D eigenvalue weighted by Gasteiger charge is 2.21. The van der Waals surface area contributed by atoms with Crippen molar-refractivity contribution in [3.63, 3.8) is 0 Å². The Morgan fingerprint density at radius 1 is 1.38 bits per heavy atom. The maximum atomic E-state index is 12.2. The van der Waals surface area contributed by atoms with Crippen LogP contribution in [0.2, 0.25) is 0 Å². The molecule has 0 bridgehead atoms. The summed E-state index contributed by atoms with van der Waals surface area (Å²) in [5, 5.41) is 5.29. The van der Waals surface area contributed by atoms with Gasteiger partial charge in [0.1, 0.15) is 0 Å². The van der Waals surface area contributed by atoms with Crippen molar-refractivity contribution in [1.29, 1.82) is 0 Å². The number of amides is 2. The third kappa shape index (κ3) is 2.67. The highest BCUT2D eigenvalue weighted by molar-refractivity contribution is 7.13. The number of hydrogen-bond donors (Lipinski definition) is 1. The second-order valence-corrected chi connectivity index (χ2v) is 5.90. The Labute approximate surface area is 126 Å². The smallest absolute Gasteiger partial charge is 0.257 e. The molecule has 0 aliphatic carbocycles. The van der Waals surface area contributed by atoms with E-state index in [0.29, 0.717) is 23.5 Å². The molecule has 0 saturated heterocycles. The molecule has 0 saturated carbocycles. The molecule has 0 spiro atoms. The Bertz CT molecular complexity index is 723. The van der Waals surface area contributed by atoms with Gasteiger partial charge in [0, 0.05) is 30.1 Å². The minimum absolute atomic E-state index is 0.109. The number of hydrogen-bond acceptors (Lipinski definition) is 4. The fourth-order valence-corrected chi connectivity index (χ4v) is 3.06. The molecule has 1 aromatic heterocycles. The molecule has 2 amide bonds. The van der Waals surface area contributed by atoms with Crippen molar-refractivity contribution in [2.24, 2.45) is 0 Å².